The van der Waals surface area contributed by atoms with Gasteiger partial charge in [-0.1, -0.05) is 192 Å². The lowest BCUT2D eigenvalue weighted by Gasteiger charge is -2.51. The van der Waals surface area contributed by atoms with Gasteiger partial charge >= 0.3 is 0 Å². The zero-order valence-corrected chi connectivity index (χ0v) is 47.0. The largest absolute Gasteiger partial charge is 0.458 e. The van der Waals surface area contributed by atoms with Crippen LogP contribution in [0, 0.1) is 12.3 Å². The van der Waals surface area contributed by atoms with E-state index in [0.717, 1.165) is 39.5 Å². The Hall–Kier alpha value is -7.10. The van der Waals surface area contributed by atoms with Gasteiger partial charge in [-0.2, -0.15) is 0 Å². The molecule has 4 aliphatic rings. The zero-order chi connectivity index (χ0) is 52.8. The number of furan rings is 1. The van der Waals surface area contributed by atoms with Crippen molar-refractivity contribution in [3.8, 4) is 22.3 Å². The highest BCUT2D eigenvalue weighted by Gasteiger charge is 2.62. The first kappa shape index (κ1) is 48.5. The van der Waals surface area contributed by atoms with E-state index in [-0.39, 0.29) is 38.9 Å². The summed E-state index contributed by atoms with van der Waals surface area (Å²) < 4.78 is 7.55. The highest BCUT2D eigenvalue weighted by atomic mass is 16.3. The van der Waals surface area contributed by atoms with Gasteiger partial charge in [-0.05, 0) is 180 Å². The third kappa shape index (κ3) is 7.27. The van der Waals surface area contributed by atoms with Gasteiger partial charge in [0.25, 0.3) is 0 Å². The summed E-state index contributed by atoms with van der Waals surface area (Å²) in [6, 6.07) is 65.5. The van der Waals surface area contributed by atoms with Crippen LogP contribution in [0.5, 0.6) is 0 Å². The molecule has 4 unspecified atom stereocenters. The predicted molar refractivity (Wildman–Crippen MR) is 320 cm³/mol. The first-order valence-electron chi connectivity index (χ1n) is 28.2. The second kappa shape index (κ2) is 16.9. The minimum absolute atomic E-state index is 0.0159. The smallest absolute Gasteiger partial charge is 0.141 e. The fourth-order valence-corrected chi connectivity index (χ4v) is 14.5. The molecule has 1 aliphatic heterocycles. The summed E-state index contributed by atoms with van der Waals surface area (Å²) in [6.45, 7) is 28.5. The highest BCUT2D eigenvalue weighted by molar-refractivity contribution is 6.05. The standard InChI is InChI=1S/C73H74N2O/c1-45-22-16-17-25-54(45)47-40-57-63-59(41-47)72(11)38-20-21-39-73(72,12)66(63)58-43-53(74(51-33-28-48(29-34-51)69(2,3)4)52-35-30-49(31-36-52)70(5,6)7)44-61-64(58)65(57)68-67(55-26-18-19-27-62(55)76-68)75(61)60-37-32-50(71(8,9)10)42-56(60)46-23-14-13-15-24-46/h13-19,22-37,40-44,65-66H,20-21,38-39H2,1-12H3. The Morgan fingerprint density at radius 1 is 0.513 bits per heavy atom. The molecular formula is C73H74N2O. The molecule has 1 fully saturated rings. The number of rotatable bonds is 6. The van der Waals surface area contributed by atoms with Gasteiger partial charge in [-0.25, -0.2) is 0 Å². The van der Waals surface area contributed by atoms with Gasteiger partial charge in [0, 0.05) is 33.9 Å². The molecule has 382 valence electrons. The van der Waals surface area contributed by atoms with Gasteiger partial charge in [-0.3, -0.25) is 0 Å². The quantitative estimate of drug-likeness (QED) is 0.166. The number of benzene rings is 8. The van der Waals surface area contributed by atoms with Crippen LogP contribution in [0.2, 0.25) is 0 Å². The fraction of sp³-hybridized carbons (Fsp3) is 0.315. The Morgan fingerprint density at radius 3 is 1.78 bits per heavy atom. The Balaban J connectivity index is 1.19. The maximum atomic E-state index is 7.55. The molecule has 0 bridgehead atoms. The molecule has 0 N–H and O–H groups in total. The molecule has 0 spiro atoms. The van der Waals surface area contributed by atoms with E-state index in [1.807, 2.05) is 0 Å². The summed E-state index contributed by atoms with van der Waals surface area (Å²) in [6.07, 6.45) is 4.81. The number of nitrogens with zero attached hydrogens (tertiary/aromatic N) is 2. The zero-order valence-electron chi connectivity index (χ0n) is 47.0. The summed E-state index contributed by atoms with van der Waals surface area (Å²) in [5, 5.41) is 1.13. The fourth-order valence-electron chi connectivity index (χ4n) is 14.5. The molecule has 1 saturated carbocycles. The van der Waals surface area contributed by atoms with Crippen molar-refractivity contribution < 1.29 is 4.42 Å². The predicted octanol–water partition coefficient (Wildman–Crippen LogP) is 20.7. The maximum absolute atomic E-state index is 7.55. The first-order valence-corrected chi connectivity index (χ1v) is 28.2. The number of anilines is 6. The van der Waals surface area contributed by atoms with E-state index in [0.29, 0.717) is 0 Å². The number of para-hydroxylation sites is 1. The molecule has 76 heavy (non-hydrogen) atoms. The van der Waals surface area contributed by atoms with E-state index in [1.54, 1.807) is 11.1 Å². The molecule has 9 aromatic rings. The lowest BCUT2D eigenvalue weighted by atomic mass is 9.53. The average Bonchev–Trinajstić information content (AvgIpc) is 3.41. The molecule has 2 heterocycles. The van der Waals surface area contributed by atoms with Gasteiger partial charge in [-0.15, -0.1) is 0 Å². The van der Waals surface area contributed by atoms with Crippen LogP contribution in [0.3, 0.4) is 0 Å². The van der Waals surface area contributed by atoms with Crippen LogP contribution in [0.4, 0.5) is 34.1 Å². The average molecular weight is 995 g/mol. The topological polar surface area (TPSA) is 19.6 Å². The minimum atomic E-state index is -0.140. The highest BCUT2D eigenvalue weighted by Crippen LogP contribution is 2.73. The lowest BCUT2D eigenvalue weighted by Crippen LogP contribution is -2.43. The van der Waals surface area contributed by atoms with Crippen molar-refractivity contribution in [3.63, 3.8) is 0 Å². The Morgan fingerprint density at radius 2 is 1.12 bits per heavy atom. The van der Waals surface area contributed by atoms with Crippen molar-refractivity contribution in [2.75, 3.05) is 9.80 Å². The van der Waals surface area contributed by atoms with Crippen LogP contribution in [0.1, 0.15) is 170 Å². The second-order valence-corrected chi connectivity index (χ2v) is 26.6. The maximum Gasteiger partial charge on any atom is 0.141 e. The molecule has 0 saturated heterocycles. The molecule has 3 nitrogen and oxygen atoms in total. The Kier molecular flexibility index (Phi) is 10.8. The van der Waals surface area contributed by atoms with Crippen LogP contribution in [-0.4, -0.2) is 0 Å². The van der Waals surface area contributed by atoms with Crippen LogP contribution in [-0.2, 0) is 21.7 Å². The number of hydrogen-bond donors (Lipinski definition) is 0. The second-order valence-electron chi connectivity index (χ2n) is 26.6. The van der Waals surface area contributed by atoms with E-state index in [4.69, 9.17) is 4.42 Å². The summed E-state index contributed by atoms with van der Waals surface area (Å²) in [4.78, 5) is 5.20. The molecule has 3 heteroatoms. The lowest BCUT2D eigenvalue weighted by molar-refractivity contribution is 0.0915. The summed E-state index contributed by atoms with van der Waals surface area (Å²) >= 11 is 0. The summed E-state index contributed by atoms with van der Waals surface area (Å²) in [5.74, 6) is 1.05. The molecule has 0 amide bonds. The van der Waals surface area contributed by atoms with E-state index in [1.165, 1.54) is 98.3 Å². The van der Waals surface area contributed by atoms with Crippen LogP contribution >= 0.6 is 0 Å². The van der Waals surface area contributed by atoms with Crippen molar-refractivity contribution in [1.29, 1.82) is 0 Å². The van der Waals surface area contributed by atoms with Crippen molar-refractivity contribution in [2.24, 2.45) is 5.41 Å². The van der Waals surface area contributed by atoms with Crippen LogP contribution < -0.4 is 9.80 Å². The summed E-state index contributed by atoms with van der Waals surface area (Å²) in [5.41, 5.74) is 25.4. The first-order chi connectivity index (χ1) is 36.2. The SMILES string of the molecule is Cc1ccccc1-c1cc2c3c(c1)C1(C)CCCCC1(C)C3c1cc(N(c3ccc(C(C)(C)C)cc3)c3ccc(C(C)(C)C)cc3)cc3c1C2c1oc2ccccc2c1N3c1ccc(C(C)(C)C)cc1-c1ccccc1. The Bertz CT molecular complexity index is 3700. The van der Waals surface area contributed by atoms with Crippen molar-refractivity contribution in [1.82, 2.24) is 0 Å². The number of fused-ring (bicyclic) bond motifs is 9. The van der Waals surface area contributed by atoms with Crippen molar-refractivity contribution in [3.05, 3.63) is 226 Å². The summed E-state index contributed by atoms with van der Waals surface area (Å²) in [7, 11) is 0. The molecule has 3 aliphatic carbocycles. The normalized spacial score (nSPS) is 20.5. The number of aryl methyl sites for hydroxylation is 1. The van der Waals surface area contributed by atoms with Crippen molar-refractivity contribution >= 4 is 45.1 Å². The van der Waals surface area contributed by atoms with E-state index in [2.05, 4.69) is 263 Å². The molecule has 4 atom stereocenters. The van der Waals surface area contributed by atoms with Gasteiger partial charge in [0.15, 0.2) is 0 Å². The van der Waals surface area contributed by atoms with Gasteiger partial charge in [0.1, 0.15) is 11.3 Å². The molecular weight excluding hydrogens is 921 g/mol. The monoisotopic (exact) mass is 995 g/mol. The van der Waals surface area contributed by atoms with Crippen LogP contribution in [0.15, 0.2) is 174 Å². The Labute approximate surface area is 452 Å². The molecule has 1 aromatic heterocycles. The molecule has 0 radical (unpaired) electrons. The molecule has 8 aromatic carbocycles. The van der Waals surface area contributed by atoms with Crippen LogP contribution in [0.25, 0.3) is 33.2 Å². The van der Waals surface area contributed by atoms with E-state index < -0.39 is 0 Å². The third-order valence-corrected chi connectivity index (χ3v) is 18.9. The van der Waals surface area contributed by atoms with Gasteiger partial charge in [0.2, 0.25) is 0 Å². The third-order valence-electron chi connectivity index (χ3n) is 18.9. The van der Waals surface area contributed by atoms with Crippen molar-refractivity contribution in [2.45, 2.75) is 142 Å². The number of hydrogen-bond acceptors (Lipinski definition) is 3. The molecule has 13 rings (SSSR count). The minimum Gasteiger partial charge on any atom is -0.458 e. The van der Waals surface area contributed by atoms with Gasteiger partial charge < -0.3 is 14.2 Å². The van der Waals surface area contributed by atoms with Gasteiger partial charge in [0.05, 0.1) is 23.0 Å². The van der Waals surface area contributed by atoms with E-state index >= 15 is 0 Å². The van der Waals surface area contributed by atoms with E-state index in [9.17, 15) is 0 Å².